The Kier molecular flexibility index (Phi) is 18.4. The van der Waals surface area contributed by atoms with E-state index in [1.807, 2.05) is 0 Å². The van der Waals surface area contributed by atoms with Crippen LogP contribution in [0.2, 0.25) is 11.1 Å². The molecule has 0 aromatic carbocycles. The van der Waals surface area contributed by atoms with Crippen LogP contribution in [0, 0.1) is 0 Å². The molecule has 0 aromatic heterocycles. The summed E-state index contributed by atoms with van der Waals surface area (Å²) >= 11 is 0. The maximum atomic E-state index is 5.89. The summed E-state index contributed by atoms with van der Waals surface area (Å²) in [6, 6.07) is 0. The third kappa shape index (κ3) is 13.1. The van der Waals surface area contributed by atoms with Gasteiger partial charge in [0.25, 0.3) is 0 Å². The van der Waals surface area contributed by atoms with Crippen molar-refractivity contribution in [3.8, 4) is 0 Å². The van der Waals surface area contributed by atoms with Crippen molar-refractivity contribution in [1.29, 1.82) is 0 Å². The minimum atomic E-state index is -1.57. The van der Waals surface area contributed by atoms with Gasteiger partial charge in [0.1, 0.15) is 0 Å². The van der Waals surface area contributed by atoms with Crippen LogP contribution in [0.4, 0.5) is 0 Å². The fourth-order valence-electron chi connectivity index (χ4n) is 3.11. The molecule has 0 saturated carbocycles. The summed E-state index contributed by atoms with van der Waals surface area (Å²) in [5.41, 5.74) is 6.77. The molecule has 0 spiro atoms. The first-order chi connectivity index (χ1) is 13.0. The molecule has 0 saturated heterocycles. The first-order valence-electron chi connectivity index (χ1n) is 10.9. The van der Waals surface area contributed by atoms with E-state index in [0.29, 0.717) is 11.1 Å². The molecule has 0 aliphatic heterocycles. The summed E-state index contributed by atoms with van der Waals surface area (Å²) in [6.45, 7) is 19.7. The van der Waals surface area contributed by atoms with Gasteiger partial charge in [-0.15, -0.1) is 0 Å². The normalized spacial score (nSPS) is 14.4. The largest absolute Gasteiger partial charge is 0.397 e. The molecule has 0 radical (unpaired) electrons. The first-order valence-corrected chi connectivity index (χ1v) is 14.1. The van der Waals surface area contributed by atoms with Crippen LogP contribution in [0.3, 0.4) is 0 Å². The van der Waals surface area contributed by atoms with Gasteiger partial charge in [-0.25, -0.2) is 0 Å². The number of nitrogens with zero attached hydrogens (tertiary/aromatic N) is 1. The Balaban J connectivity index is 4.55. The van der Waals surface area contributed by atoms with Gasteiger partial charge in [-0.3, -0.25) is 0 Å². The zero-order chi connectivity index (χ0) is 20.5. The summed E-state index contributed by atoms with van der Waals surface area (Å²) in [5.74, 6) is 0. The van der Waals surface area contributed by atoms with Crippen molar-refractivity contribution in [2.45, 2.75) is 71.9 Å². The zero-order valence-corrected chi connectivity index (χ0v) is 21.1. The van der Waals surface area contributed by atoms with Crippen molar-refractivity contribution in [2.75, 3.05) is 52.6 Å². The summed E-state index contributed by atoms with van der Waals surface area (Å²) in [4.78, 5) is 2.55. The molecule has 164 valence electrons. The number of nitrogens with two attached hydrogens (primary N) is 1. The Labute approximate surface area is 171 Å². The number of rotatable bonds is 19. The van der Waals surface area contributed by atoms with E-state index in [1.54, 1.807) is 0 Å². The quantitative estimate of drug-likeness (QED) is 0.323. The minimum Gasteiger partial charge on any atom is -0.397 e. The second-order valence-electron chi connectivity index (χ2n) is 7.07. The van der Waals surface area contributed by atoms with Crippen molar-refractivity contribution in [3.05, 3.63) is 0 Å². The lowest BCUT2D eigenvalue weighted by atomic mass is 10.2. The summed E-state index contributed by atoms with van der Waals surface area (Å²) in [6.07, 6.45) is 3.28. The highest BCUT2D eigenvalue weighted by Gasteiger charge is 2.24. The van der Waals surface area contributed by atoms with Gasteiger partial charge in [-0.05, 0) is 84.2 Å². The highest BCUT2D eigenvalue weighted by Crippen LogP contribution is 2.20. The molecular weight excluding hydrogens is 376 g/mol. The molecular formula is C19H46N2O4Si2. The van der Waals surface area contributed by atoms with Crippen molar-refractivity contribution in [2.24, 2.45) is 5.73 Å². The van der Waals surface area contributed by atoms with Crippen LogP contribution in [0.1, 0.15) is 60.8 Å². The summed E-state index contributed by atoms with van der Waals surface area (Å²) in [5, 5.41) is 0. The van der Waals surface area contributed by atoms with Crippen molar-refractivity contribution in [1.82, 2.24) is 4.90 Å². The second-order valence-corrected chi connectivity index (χ2v) is 12.2. The predicted molar refractivity (Wildman–Crippen MR) is 119 cm³/mol. The molecule has 8 heteroatoms. The van der Waals surface area contributed by atoms with Crippen LogP contribution < -0.4 is 5.73 Å². The van der Waals surface area contributed by atoms with E-state index >= 15 is 0 Å². The van der Waals surface area contributed by atoms with E-state index in [4.69, 9.17) is 23.4 Å². The van der Waals surface area contributed by atoms with E-state index in [2.05, 4.69) is 46.4 Å². The third-order valence-electron chi connectivity index (χ3n) is 4.73. The topological polar surface area (TPSA) is 66.2 Å². The highest BCUT2D eigenvalue weighted by molar-refractivity contribution is 6.46. The minimum absolute atomic E-state index is 0.511. The Morgan fingerprint density at radius 2 is 1.07 bits per heavy atom. The molecule has 0 amide bonds. The second kappa shape index (κ2) is 18.2. The monoisotopic (exact) mass is 422 g/mol. The van der Waals surface area contributed by atoms with Crippen LogP contribution in [0.25, 0.3) is 0 Å². The Morgan fingerprint density at radius 1 is 0.704 bits per heavy atom. The molecule has 2 N–H and O–H groups in total. The van der Waals surface area contributed by atoms with E-state index in [-0.39, 0.29) is 0 Å². The molecule has 0 fully saturated rings. The molecule has 0 heterocycles. The predicted octanol–water partition coefficient (Wildman–Crippen LogP) is 2.78. The lowest BCUT2D eigenvalue weighted by Gasteiger charge is -2.28. The van der Waals surface area contributed by atoms with Gasteiger partial charge >= 0.3 is 18.6 Å². The van der Waals surface area contributed by atoms with Crippen LogP contribution in [0.15, 0.2) is 0 Å². The number of hydrogen-bond donors (Lipinski definition) is 1. The van der Waals surface area contributed by atoms with Gasteiger partial charge in [0.2, 0.25) is 0 Å². The Bertz CT molecular complexity index is 292. The molecule has 0 aliphatic carbocycles. The van der Waals surface area contributed by atoms with E-state index in [0.717, 1.165) is 71.9 Å². The maximum Gasteiger partial charge on any atom is 0.324 e. The molecule has 6 nitrogen and oxygen atoms in total. The fraction of sp³-hybridized carbons (Fsp3) is 1.00. The van der Waals surface area contributed by atoms with Gasteiger partial charge in [0.15, 0.2) is 0 Å². The average Bonchev–Trinajstić information content (AvgIpc) is 2.66. The molecule has 27 heavy (non-hydrogen) atoms. The first kappa shape index (κ1) is 27.2. The van der Waals surface area contributed by atoms with Gasteiger partial charge in [0.05, 0.1) is 0 Å². The lowest BCUT2D eigenvalue weighted by molar-refractivity contribution is 0.192. The van der Waals surface area contributed by atoms with Crippen LogP contribution in [-0.2, 0) is 17.7 Å². The van der Waals surface area contributed by atoms with Gasteiger partial charge in [-0.2, -0.15) is 0 Å². The molecule has 0 aliphatic rings. The van der Waals surface area contributed by atoms with Crippen molar-refractivity contribution < 1.29 is 17.7 Å². The van der Waals surface area contributed by atoms with E-state index < -0.39 is 18.6 Å². The fourth-order valence-corrected chi connectivity index (χ4v) is 6.77. The van der Waals surface area contributed by atoms with Crippen LogP contribution in [0.5, 0.6) is 0 Å². The SMILES string of the molecule is CCO[SiH](OCC)C(C)CCN(CCCN)CCC(C)[SiH](OCC)OCC. The Hall–Kier alpha value is 0.194. The highest BCUT2D eigenvalue weighted by atomic mass is 28.3. The maximum absolute atomic E-state index is 5.89. The summed E-state index contributed by atoms with van der Waals surface area (Å²) < 4.78 is 23.6. The van der Waals surface area contributed by atoms with E-state index in [9.17, 15) is 0 Å². The molecule has 0 bridgehead atoms. The smallest absolute Gasteiger partial charge is 0.324 e. The van der Waals surface area contributed by atoms with Gasteiger partial charge in [-0.1, -0.05) is 13.8 Å². The standard InChI is InChI=1S/C19H46N2O4Si2/c1-7-22-26(23-8-2)18(5)12-16-21(15-11-14-20)17-13-19(6)27(24-9-3)25-10-4/h18-19,26-27H,7-17,20H2,1-6H3. The zero-order valence-electron chi connectivity index (χ0n) is 18.7. The Morgan fingerprint density at radius 3 is 1.37 bits per heavy atom. The molecule has 2 unspecified atom stereocenters. The molecule has 2 atom stereocenters. The number of hydrogen-bond acceptors (Lipinski definition) is 6. The van der Waals surface area contributed by atoms with Gasteiger partial charge in [0, 0.05) is 26.4 Å². The molecule has 0 rings (SSSR count). The van der Waals surface area contributed by atoms with E-state index in [1.165, 1.54) is 0 Å². The van der Waals surface area contributed by atoms with Gasteiger partial charge < -0.3 is 28.3 Å². The average molecular weight is 423 g/mol. The molecule has 0 aromatic rings. The van der Waals surface area contributed by atoms with Crippen molar-refractivity contribution >= 4 is 18.6 Å². The third-order valence-corrected chi connectivity index (χ3v) is 9.91. The van der Waals surface area contributed by atoms with Crippen LogP contribution in [-0.4, -0.2) is 76.1 Å². The van der Waals surface area contributed by atoms with Crippen LogP contribution >= 0.6 is 0 Å². The van der Waals surface area contributed by atoms with Crippen molar-refractivity contribution in [3.63, 3.8) is 0 Å². The summed E-state index contributed by atoms with van der Waals surface area (Å²) in [7, 11) is -3.15. The lowest BCUT2D eigenvalue weighted by Crippen LogP contribution is -2.35.